The molecule has 2 unspecified atom stereocenters. The second-order valence-electron chi connectivity index (χ2n) is 10.8. The Balaban J connectivity index is 1.69. The van der Waals surface area contributed by atoms with Crippen LogP contribution in [-0.4, -0.2) is 96.1 Å². The highest BCUT2D eigenvalue weighted by Crippen LogP contribution is 2.34. The SMILES string of the molecule is CCc1cc2c(cc1C(C=NC)CNC)CCCN2C(=N)C(C)CN(CCCNC1CCOCC1)C(=O)NC. The average molecular weight is 542 g/mol. The zero-order valence-corrected chi connectivity index (χ0v) is 24.8. The molecule has 9 nitrogen and oxygen atoms in total. The van der Waals surface area contributed by atoms with Gasteiger partial charge in [0.1, 0.15) is 5.84 Å². The molecule has 0 aliphatic carbocycles. The molecule has 39 heavy (non-hydrogen) atoms. The van der Waals surface area contributed by atoms with E-state index in [0.717, 1.165) is 77.1 Å². The minimum Gasteiger partial charge on any atom is -0.381 e. The van der Waals surface area contributed by atoms with Crippen molar-refractivity contribution in [3.63, 3.8) is 0 Å². The number of urea groups is 1. The highest BCUT2D eigenvalue weighted by molar-refractivity contribution is 5.98. The van der Waals surface area contributed by atoms with Crippen molar-refractivity contribution in [2.75, 3.05) is 72.0 Å². The quantitative estimate of drug-likeness (QED) is 0.174. The van der Waals surface area contributed by atoms with Crippen LogP contribution < -0.4 is 20.9 Å². The molecule has 1 fully saturated rings. The molecular formula is C30H51N7O2. The zero-order valence-electron chi connectivity index (χ0n) is 24.8. The van der Waals surface area contributed by atoms with E-state index in [9.17, 15) is 4.79 Å². The number of hydrogen-bond acceptors (Lipinski definition) is 6. The van der Waals surface area contributed by atoms with Gasteiger partial charge in [-0.1, -0.05) is 19.9 Å². The molecule has 2 heterocycles. The van der Waals surface area contributed by atoms with Crippen LogP contribution in [0.15, 0.2) is 17.1 Å². The summed E-state index contributed by atoms with van der Waals surface area (Å²) in [5.41, 5.74) is 5.10. The van der Waals surface area contributed by atoms with Crippen molar-refractivity contribution in [2.24, 2.45) is 10.9 Å². The highest BCUT2D eigenvalue weighted by Gasteiger charge is 2.28. The van der Waals surface area contributed by atoms with Crippen molar-refractivity contribution >= 4 is 23.8 Å². The molecule has 2 amide bonds. The minimum absolute atomic E-state index is 0.0779. The summed E-state index contributed by atoms with van der Waals surface area (Å²) >= 11 is 0. The first kappa shape index (κ1) is 31.0. The normalized spacial score (nSPS) is 17.6. The van der Waals surface area contributed by atoms with Crippen molar-refractivity contribution in [1.82, 2.24) is 20.9 Å². The Kier molecular flexibility index (Phi) is 12.7. The molecule has 3 rings (SSSR count). The molecule has 4 N–H and O–H groups in total. The van der Waals surface area contributed by atoms with Crippen molar-refractivity contribution < 1.29 is 9.53 Å². The first-order valence-electron chi connectivity index (χ1n) is 14.8. The van der Waals surface area contributed by atoms with Crippen LogP contribution in [0.3, 0.4) is 0 Å². The van der Waals surface area contributed by atoms with E-state index in [1.807, 2.05) is 25.2 Å². The van der Waals surface area contributed by atoms with E-state index in [4.69, 9.17) is 10.1 Å². The maximum Gasteiger partial charge on any atom is 0.317 e. The zero-order chi connectivity index (χ0) is 28.2. The summed E-state index contributed by atoms with van der Waals surface area (Å²) in [5.74, 6) is 0.739. The topological polar surface area (TPSA) is 105 Å². The molecular weight excluding hydrogens is 490 g/mol. The third kappa shape index (κ3) is 8.50. The van der Waals surface area contributed by atoms with Crippen LogP contribution in [0.5, 0.6) is 0 Å². The number of carbonyl (C=O) groups excluding carboxylic acids is 1. The number of likely N-dealkylation sites (N-methyl/N-ethyl adjacent to an activating group) is 1. The van der Waals surface area contributed by atoms with E-state index in [0.29, 0.717) is 25.0 Å². The molecule has 1 aromatic rings. The van der Waals surface area contributed by atoms with Crippen molar-refractivity contribution in [3.05, 3.63) is 28.8 Å². The molecule has 2 aliphatic rings. The lowest BCUT2D eigenvalue weighted by Gasteiger charge is -2.36. The number of aryl methyl sites for hydroxylation is 2. The molecule has 218 valence electrons. The fourth-order valence-corrected chi connectivity index (χ4v) is 5.83. The predicted molar refractivity (Wildman–Crippen MR) is 162 cm³/mol. The van der Waals surface area contributed by atoms with Crippen molar-refractivity contribution in [2.45, 2.75) is 64.3 Å². The van der Waals surface area contributed by atoms with E-state index in [1.54, 1.807) is 7.05 Å². The summed E-state index contributed by atoms with van der Waals surface area (Å²) in [6.45, 7) is 9.67. The van der Waals surface area contributed by atoms with E-state index >= 15 is 0 Å². The number of amides is 2. The number of hydrogen-bond donors (Lipinski definition) is 4. The van der Waals surface area contributed by atoms with Gasteiger partial charge in [0.25, 0.3) is 0 Å². The summed E-state index contributed by atoms with van der Waals surface area (Å²) in [6.07, 6.45) is 7.99. The van der Waals surface area contributed by atoms with Crippen LogP contribution in [0, 0.1) is 11.3 Å². The molecule has 0 saturated carbocycles. The lowest BCUT2D eigenvalue weighted by atomic mass is 9.87. The Bertz CT molecular complexity index is 961. The highest BCUT2D eigenvalue weighted by atomic mass is 16.5. The maximum absolute atomic E-state index is 12.7. The fourth-order valence-electron chi connectivity index (χ4n) is 5.83. The van der Waals surface area contributed by atoms with Crippen molar-refractivity contribution in [1.29, 1.82) is 5.41 Å². The van der Waals surface area contributed by atoms with E-state index in [-0.39, 0.29) is 17.9 Å². The predicted octanol–water partition coefficient (Wildman–Crippen LogP) is 3.42. The first-order valence-corrected chi connectivity index (χ1v) is 14.8. The number of anilines is 1. The van der Waals surface area contributed by atoms with E-state index < -0.39 is 0 Å². The molecule has 0 radical (unpaired) electrons. The number of nitrogens with zero attached hydrogens (tertiary/aromatic N) is 3. The number of ether oxygens (including phenoxy) is 1. The monoisotopic (exact) mass is 541 g/mol. The number of aliphatic imine (C=N–C) groups is 1. The van der Waals surface area contributed by atoms with Gasteiger partial charge in [-0.15, -0.1) is 0 Å². The van der Waals surface area contributed by atoms with Gasteiger partial charge in [0.2, 0.25) is 0 Å². The molecule has 0 bridgehead atoms. The first-order chi connectivity index (χ1) is 18.9. The lowest BCUT2D eigenvalue weighted by molar-refractivity contribution is 0.0778. The summed E-state index contributed by atoms with van der Waals surface area (Å²) < 4.78 is 5.44. The molecule has 2 atom stereocenters. The Morgan fingerprint density at radius 1 is 1.31 bits per heavy atom. The number of benzene rings is 1. The van der Waals surface area contributed by atoms with Gasteiger partial charge in [-0.25, -0.2) is 4.79 Å². The molecule has 9 heteroatoms. The number of carbonyl (C=O) groups is 1. The third-order valence-corrected chi connectivity index (χ3v) is 8.00. The second-order valence-corrected chi connectivity index (χ2v) is 10.8. The van der Waals surface area contributed by atoms with Crippen LogP contribution in [0.4, 0.5) is 10.5 Å². The van der Waals surface area contributed by atoms with E-state index in [1.165, 1.54) is 16.7 Å². The minimum atomic E-state index is -0.0780. The molecule has 1 aromatic carbocycles. The Morgan fingerprint density at radius 3 is 2.74 bits per heavy atom. The van der Waals surface area contributed by atoms with Gasteiger partial charge < -0.3 is 35.5 Å². The standard InChI is InChI=1S/C30H51N7O2/c1-6-23-18-28-24(17-27(23)25(19-32-3)20-33-4)9-7-14-37(28)29(31)22(2)21-36(30(38)34-5)13-8-12-35-26-10-15-39-16-11-26/h17-19,22,25-26,31,33,35H,6-16,20-21H2,1-5H3,(H,34,38). The van der Waals surface area contributed by atoms with Crippen LogP contribution in [-0.2, 0) is 17.6 Å². The Hall–Kier alpha value is -2.49. The largest absolute Gasteiger partial charge is 0.381 e. The van der Waals surface area contributed by atoms with Gasteiger partial charge in [-0.3, -0.25) is 5.41 Å². The van der Waals surface area contributed by atoms with Gasteiger partial charge in [-0.05, 0) is 74.9 Å². The van der Waals surface area contributed by atoms with Crippen LogP contribution in [0.2, 0.25) is 0 Å². The second kappa shape index (κ2) is 15.9. The van der Waals surface area contributed by atoms with Gasteiger partial charge in [0, 0.05) is 83.3 Å². The number of amidine groups is 1. The summed E-state index contributed by atoms with van der Waals surface area (Å²) in [7, 11) is 5.50. The molecule has 1 saturated heterocycles. The maximum atomic E-state index is 12.7. The van der Waals surface area contributed by atoms with Gasteiger partial charge in [0.05, 0.1) is 0 Å². The van der Waals surface area contributed by atoms with Crippen LogP contribution in [0.25, 0.3) is 0 Å². The van der Waals surface area contributed by atoms with Crippen LogP contribution >= 0.6 is 0 Å². The number of rotatable bonds is 13. The lowest BCUT2D eigenvalue weighted by Crippen LogP contribution is -2.47. The molecule has 2 aliphatic heterocycles. The molecule has 0 aromatic heterocycles. The fraction of sp³-hybridized carbons (Fsp3) is 0.700. The smallest absolute Gasteiger partial charge is 0.317 e. The number of fused-ring (bicyclic) bond motifs is 1. The number of nitrogens with one attached hydrogen (secondary N) is 4. The summed E-state index contributed by atoms with van der Waals surface area (Å²) in [5, 5.41) is 18.9. The van der Waals surface area contributed by atoms with E-state index in [2.05, 4.69) is 51.8 Å². The van der Waals surface area contributed by atoms with Crippen molar-refractivity contribution in [3.8, 4) is 0 Å². The average Bonchev–Trinajstić information content (AvgIpc) is 2.97. The third-order valence-electron chi connectivity index (χ3n) is 8.00. The summed E-state index contributed by atoms with van der Waals surface area (Å²) in [6, 6.07) is 5.08. The molecule has 0 spiro atoms. The van der Waals surface area contributed by atoms with Gasteiger partial charge in [-0.2, -0.15) is 0 Å². The van der Waals surface area contributed by atoms with Gasteiger partial charge >= 0.3 is 6.03 Å². The van der Waals surface area contributed by atoms with Gasteiger partial charge in [0.15, 0.2) is 0 Å². The van der Waals surface area contributed by atoms with Crippen LogP contribution in [0.1, 0.15) is 62.1 Å². The Labute approximate surface area is 235 Å². The summed E-state index contributed by atoms with van der Waals surface area (Å²) in [4.78, 5) is 21.1. The Morgan fingerprint density at radius 2 is 2.08 bits per heavy atom.